The summed E-state index contributed by atoms with van der Waals surface area (Å²) in [6.45, 7) is 9.11. The molecule has 3 rings (SSSR count). The second kappa shape index (κ2) is 12.0. The van der Waals surface area contributed by atoms with E-state index in [0.29, 0.717) is 47.2 Å². The number of carbonyl (C=O) groups excluding carboxylic acids is 2. The molecule has 0 radical (unpaired) electrons. The summed E-state index contributed by atoms with van der Waals surface area (Å²) in [7, 11) is 0. The zero-order chi connectivity index (χ0) is 24.5. The van der Waals surface area contributed by atoms with Crippen molar-refractivity contribution in [3.63, 3.8) is 0 Å². The molecule has 34 heavy (non-hydrogen) atoms. The van der Waals surface area contributed by atoms with Crippen LogP contribution in [0.15, 0.2) is 72.8 Å². The summed E-state index contributed by atoms with van der Waals surface area (Å²) in [6.07, 6.45) is -0.0398. The molecule has 178 valence electrons. The van der Waals surface area contributed by atoms with E-state index in [1.807, 2.05) is 52.0 Å². The number of rotatable bonds is 11. The Labute approximate surface area is 201 Å². The summed E-state index contributed by atoms with van der Waals surface area (Å²) in [4.78, 5) is 26.1. The molecule has 0 aromatic heterocycles. The largest absolute Gasteiger partial charge is 0.493 e. The van der Waals surface area contributed by atoms with Gasteiger partial charge in [0.1, 0.15) is 17.2 Å². The second-order valence-corrected chi connectivity index (χ2v) is 9.02. The van der Waals surface area contributed by atoms with Gasteiger partial charge in [-0.1, -0.05) is 76.2 Å². The van der Waals surface area contributed by atoms with Crippen LogP contribution in [-0.4, -0.2) is 25.0 Å². The minimum absolute atomic E-state index is 0.0398. The summed E-state index contributed by atoms with van der Waals surface area (Å²) in [5.74, 6) is 1.38. The molecule has 0 aliphatic carbocycles. The Hall–Kier alpha value is -3.60. The summed E-state index contributed by atoms with van der Waals surface area (Å²) < 4.78 is 17.5. The fraction of sp³-hybridized carbons (Fsp3) is 0.310. The number of esters is 1. The zero-order valence-corrected chi connectivity index (χ0v) is 20.2. The third-order valence-corrected chi connectivity index (χ3v) is 4.90. The SMILES string of the molecule is CC(C)COc1cc(OCC(C)C)c(C(=O)c2ccccc2)cc1CC(=O)Oc1ccccc1. The van der Waals surface area contributed by atoms with Crippen LogP contribution >= 0.6 is 0 Å². The van der Waals surface area contributed by atoms with Gasteiger partial charge in [0.2, 0.25) is 0 Å². The number of para-hydroxylation sites is 1. The number of ether oxygens (including phenoxy) is 3. The summed E-state index contributed by atoms with van der Waals surface area (Å²) >= 11 is 0. The molecular weight excluding hydrogens is 428 g/mol. The Kier molecular flexibility index (Phi) is 8.86. The molecule has 0 amide bonds. The van der Waals surface area contributed by atoms with E-state index >= 15 is 0 Å². The van der Waals surface area contributed by atoms with Crippen LogP contribution < -0.4 is 14.2 Å². The highest BCUT2D eigenvalue weighted by Gasteiger charge is 2.22. The van der Waals surface area contributed by atoms with E-state index in [0.717, 1.165) is 0 Å². The molecule has 0 aliphatic heterocycles. The smallest absolute Gasteiger partial charge is 0.315 e. The summed E-state index contributed by atoms with van der Waals surface area (Å²) in [6, 6.07) is 21.4. The summed E-state index contributed by atoms with van der Waals surface area (Å²) in [5, 5.41) is 0. The third kappa shape index (κ3) is 7.20. The van der Waals surface area contributed by atoms with Crippen LogP contribution in [0.5, 0.6) is 17.2 Å². The van der Waals surface area contributed by atoms with Crippen molar-refractivity contribution in [2.45, 2.75) is 34.1 Å². The van der Waals surface area contributed by atoms with Gasteiger partial charge in [0.25, 0.3) is 0 Å². The molecule has 0 spiro atoms. The van der Waals surface area contributed by atoms with Gasteiger partial charge in [-0.15, -0.1) is 0 Å². The average molecular weight is 461 g/mol. The molecule has 0 aliphatic rings. The van der Waals surface area contributed by atoms with Crippen molar-refractivity contribution >= 4 is 11.8 Å². The molecule has 0 bridgehead atoms. The van der Waals surface area contributed by atoms with Crippen molar-refractivity contribution in [3.05, 3.63) is 89.5 Å². The molecule has 0 unspecified atom stereocenters. The lowest BCUT2D eigenvalue weighted by atomic mass is 9.98. The Morgan fingerprint density at radius 1 is 0.735 bits per heavy atom. The van der Waals surface area contributed by atoms with Crippen molar-refractivity contribution in [3.8, 4) is 17.2 Å². The highest BCUT2D eigenvalue weighted by molar-refractivity contribution is 6.11. The Morgan fingerprint density at radius 2 is 1.29 bits per heavy atom. The maximum atomic E-state index is 13.4. The first-order valence-electron chi connectivity index (χ1n) is 11.6. The topological polar surface area (TPSA) is 61.8 Å². The normalized spacial score (nSPS) is 10.9. The third-order valence-electron chi connectivity index (χ3n) is 4.90. The van der Waals surface area contributed by atoms with E-state index in [4.69, 9.17) is 14.2 Å². The predicted molar refractivity (Wildman–Crippen MR) is 133 cm³/mol. The molecule has 0 saturated heterocycles. The minimum Gasteiger partial charge on any atom is -0.493 e. The van der Waals surface area contributed by atoms with Gasteiger partial charge in [0.05, 0.1) is 25.2 Å². The fourth-order valence-electron chi connectivity index (χ4n) is 3.24. The van der Waals surface area contributed by atoms with Crippen LogP contribution in [0.4, 0.5) is 0 Å². The highest BCUT2D eigenvalue weighted by atomic mass is 16.5. The van der Waals surface area contributed by atoms with Gasteiger partial charge in [-0.2, -0.15) is 0 Å². The van der Waals surface area contributed by atoms with Gasteiger partial charge >= 0.3 is 5.97 Å². The van der Waals surface area contributed by atoms with E-state index in [1.165, 1.54) is 0 Å². The van der Waals surface area contributed by atoms with E-state index in [1.54, 1.807) is 48.5 Å². The van der Waals surface area contributed by atoms with Crippen molar-refractivity contribution in [1.29, 1.82) is 0 Å². The van der Waals surface area contributed by atoms with Crippen LogP contribution in [0.1, 0.15) is 49.2 Å². The van der Waals surface area contributed by atoms with Gasteiger partial charge in [-0.3, -0.25) is 9.59 Å². The van der Waals surface area contributed by atoms with Crippen molar-refractivity contribution in [2.24, 2.45) is 11.8 Å². The van der Waals surface area contributed by atoms with Crippen LogP contribution in [0, 0.1) is 11.8 Å². The predicted octanol–water partition coefficient (Wildman–Crippen LogP) is 6.14. The Balaban J connectivity index is 1.99. The van der Waals surface area contributed by atoms with E-state index in [2.05, 4.69) is 0 Å². The van der Waals surface area contributed by atoms with Crippen molar-refractivity contribution in [1.82, 2.24) is 0 Å². The Morgan fingerprint density at radius 3 is 1.88 bits per heavy atom. The lowest BCUT2D eigenvalue weighted by Gasteiger charge is -2.19. The van der Waals surface area contributed by atoms with Gasteiger partial charge < -0.3 is 14.2 Å². The van der Waals surface area contributed by atoms with Crippen LogP contribution in [0.3, 0.4) is 0 Å². The number of ketones is 1. The Bertz CT molecular complexity index is 1090. The van der Waals surface area contributed by atoms with Gasteiger partial charge in [-0.25, -0.2) is 0 Å². The monoisotopic (exact) mass is 460 g/mol. The quantitative estimate of drug-likeness (QED) is 0.196. The van der Waals surface area contributed by atoms with Crippen LogP contribution in [0.2, 0.25) is 0 Å². The standard InChI is InChI=1S/C29H32O5/c1-20(2)18-32-26-17-27(33-19-21(3)4)25(29(31)22-11-7-5-8-12-22)15-23(26)16-28(30)34-24-13-9-6-10-14-24/h5-15,17,20-21H,16,18-19H2,1-4H3. The molecular formula is C29H32O5. The summed E-state index contributed by atoms with van der Waals surface area (Å²) in [5.41, 5.74) is 1.52. The fourth-order valence-corrected chi connectivity index (χ4v) is 3.24. The van der Waals surface area contributed by atoms with Gasteiger partial charge in [-0.05, 0) is 30.0 Å². The van der Waals surface area contributed by atoms with E-state index in [9.17, 15) is 9.59 Å². The molecule has 0 saturated carbocycles. The number of carbonyl (C=O) groups is 2. The highest BCUT2D eigenvalue weighted by Crippen LogP contribution is 2.32. The van der Waals surface area contributed by atoms with E-state index in [-0.39, 0.29) is 24.0 Å². The molecule has 3 aromatic rings. The first-order valence-corrected chi connectivity index (χ1v) is 11.6. The molecule has 0 heterocycles. The lowest BCUT2D eigenvalue weighted by molar-refractivity contribution is -0.133. The minimum atomic E-state index is -0.436. The van der Waals surface area contributed by atoms with Crippen LogP contribution in [-0.2, 0) is 11.2 Å². The van der Waals surface area contributed by atoms with Crippen molar-refractivity contribution in [2.75, 3.05) is 13.2 Å². The number of hydrogen-bond donors (Lipinski definition) is 0. The van der Waals surface area contributed by atoms with Crippen LogP contribution in [0.25, 0.3) is 0 Å². The zero-order valence-electron chi connectivity index (χ0n) is 20.2. The number of benzene rings is 3. The second-order valence-electron chi connectivity index (χ2n) is 9.02. The lowest BCUT2D eigenvalue weighted by Crippen LogP contribution is -2.16. The first-order chi connectivity index (χ1) is 16.3. The maximum Gasteiger partial charge on any atom is 0.315 e. The number of hydrogen-bond acceptors (Lipinski definition) is 5. The average Bonchev–Trinajstić information content (AvgIpc) is 2.82. The molecule has 0 N–H and O–H groups in total. The van der Waals surface area contributed by atoms with Gasteiger partial charge in [0, 0.05) is 17.2 Å². The van der Waals surface area contributed by atoms with Crippen molar-refractivity contribution < 1.29 is 23.8 Å². The molecule has 0 atom stereocenters. The molecule has 3 aromatic carbocycles. The molecule has 0 fully saturated rings. The van der Waals surface area contributed by atoms with E-state index < -0.39 is 5.97 Å². The maximum absolute atomic E-state index is 13.4. The molecule has 5 nitrogen and oxygen atoms in total. The van der Waals surface area contributed by atoms with Gasteiger partial charge in [0.15, 0.2) is 5.78 Å². The first kappa shape index (κ1) is 25.0. The molecule has 5 heteroatoms.